The van der Waals surface area contributed by atoms with Crippen molar-refractivity contribution in [2.24, 2.45) is 0 Å². The normalized spacial score (nSPS) is 11.6. The molecule has 0 saturated carbocycles. The maximum Gasteiger partial charge on any atom is 0.177 e. The van der Waals surface area contributed by atoms with Gasteiger partial charge in [-0.05, 0) is 51.9 Å². The molecule has 7 rings (SSSR count). The molecule has 0 amide bonds. The SMILES string of the molecule is N#Cc1nc2c3cc4ccccc4cc3c3cc4oc5ccccc5c4cc3c2nc1C#N. The number of nitriles is 2. The highest BCUT2D eigenvalue weighted by Gasteiger charge is 2.18. The molecule has 0 fully saturated rings. The van der Waals surface area contributed by atoms with Gasteiger partial charge in [-0.15, -0.1) is 0 Å². The molecule has 5 heteroatoms. The highest BCUT2D eigenvalue weighted by atomic mass is 16.3. The van der Waals surface area contributed by atoms with Crippen molar-refractivity contribution < 1.29 is 4.42 Å². The molecule has 0 N–H and O–H groups in total. The average Bonchev–Trinajstić information content (AvgIpc) is 3.23. The summed E-state index contributed by atoms with van der Waals surface area (Å²) in [4.78, 5) is 9.23. The van der Waals surface area contributed by atoms with Crippen molar-refractivity contribution in [3.8, 4) is 12.1 Å². The Morgan fingerprint density at radius 3 is 1.82 bits per heavy atom. The number of benzene rings is 5. The summed E-state index contributed by atoms with van der Waals surface area (Å²) >= 11 is 0. The highest BCUT2D eigenvalue weighted by Crippen LogP contribution is 2.40. The van der Waals surface area contributed by atoms with E-state index >= 15 is 0 Å². The molecule has 0 aliphatic rings. The van der Waals surface area contributed by atoms with Crippen LogP contribution in [0.3, 0.4) is 0 Å². The zero-order valence-corrected chi connectivity index (χ0v) is 17.1. The van der Waals surface area contributed by atoms with Crippen molar-refractivity contribution in [1.82, 2.24) is 9.97 Å². The Morgan fingerprint density at radius 2 is 1.12 bits per heavy atom. The zero-order chi connectivity index (χ0) is 22.1. The van der Waals surface area contributed by atoms with E-state index in [-0.39, 0.29) is 11.4 Å². The van der Waals surface area contributed by atoms with Crippen molar-refractivity contribution in [2.75, 3.05) is 0 Å². The summed E-state index contributed by atoms with van der Waals surface area (Å²) in [5.41, 5.74) is 2.90. The minimum absolute atomic E-state index is 0.0311. The van der Waals surface area contributed by atoms with Gasteiger partial charge >= 0.3 is 0 Å². The largest absolute Gasteiger partial charge is 0.456 e. The van der Waals surface area contributed by atoms with Crippen LogP contribution in [0.25, 0.3) is 65.3 Å². The van der Waals surface area contributed by atoms with E-state index in [9.17, 15) is 10.5 Å². The number of hydrogen-bond acceptors (Lipinski definition) is 5. The highest BCUT2D eigenvalue weighted by molar-refractivity contribution is 6.28. The first-order valence-electron chi connectivity index (χ1n) is 10.5. The Kier molecular flexibility index (Phi) is 3.35. The molecule has 0 radical (unpaired) electrons. The number of para-hydroxylation sites is 1. The Morgan fingerprint density at radius 1 is 0.545 bits per heavy atom. The molecule has 0 aliphatic heterocycles. The number of furan rings is 1. The molecule has 5 aromatic carbocycles. The first kappa shape index (κ1) is 17.7. The minimum atomic E-state index is 0.0311. The van der Waals surface area contributed by atoms with E-state index in [1.807, 2.05) is 54.6 Å². The van der Waals surface area contributed by atoms with Gasteiger partial charge in [0.2, 0.25) is 0 Å². The molecule has 7 aromatic rings. The van der Waals surface area contributed by atoms with Crippen LogP contribution in [0.5, 0.6) is 0 Å². The van der Waals surface area contributed by atoms with Gasteiger partial charge in [-0.2, -0.15) is 10.5 Å². The van der Waals surface area contributed by atoms with Crippen LogP contribution >= 0.6 is 0 Å². The Labute approximate surface area is 186 Å². The second-order valence-corrected chi connectivity index (χ2v) is 8.08. The van der Waals surface area contributed by atoms with E-state index in [0.29, 0.717) is 11.0 Å². The van der Waals surface area contributed by atoms with E-state index in [2.05, 4.69) is 40.3 Å². The fourth-order valence-corrected chi connectivity index (χ4v) is 4.82. The number of fused-ring (bicyclic) bond motifs is 10. The fourth-order valence-electron chi connectivity index (χ4n) is 4.82. The average molecular weight is 420 g/mol. The molecular weight excluding hydrogens is 408 g/mol. The second-order valence-electron chi connectivity index (χ2n) is 8.08. The van der Waals surface area contributed by atoms with Crippen LogP contribution in [0.1, 0.15) is 11.4 Å². The van der Waals surface area contributed by atoms with Crippen molar-refractivity contribution in [3.05, 3.63) is 84.2 Å². The predicted octanol–water partition coefficient (Wildman–Crippen LogP) is 6.73. The Bertz CT molecular complexity index is 2060. The molecule has 33 heavy (non-hydrogen) atoms. The van der Waals surface area contributed by atoms with E-state index < -0.39 is 0 Å². The van der Waals surface area contributed by atoms with Gasteiger partial charge in [0.25, 0.3) is 0 Å². The molecular formula is C28H12N4O. The van der Waals surface area contributed by atoms with Crippen LogP contribution in [0, 0.1) is 22.7 Å². The third kappa shape index (κ3) is 2.34. The van der Waals surface area contributed by atoms with Gasteiger partial charge in [-0.1, -0.05) is 42.5 Å². The molecule has 0 aliphatic carbocycles. The maximum atomic E-state index is 9.60. The fraction of sp³-hybridized carbons (Fsp3) is 0. The second kappa shape index (κ2) is 6.26. The smallest absolute Gasteiger partial charge is 0.177 e. The van der Waals surface area contributed by atoms with E-state index in [1.165, 1.54) is 0 Å². The van der Waals surface area contributed by atoms with E-state index in [1.54, 1.807) is 0 Å². The summed E-state index contributed by atoms with van der Waals surface area (Å²) in [6.07, 6.45) is 0. The summed E-state index contributed by atoms with van der Waals surface area (Å²) < 4.78 is 6.16. The van der Waals surface area contributed by atoms with Gasteiger partial charge in [0.05, 0.1) is 11.0 Å². The predicted molar refractivity (Wildman–Crippen MR) is 129 cm³/mol. The maximum absolute atomic E-state index is 9.60. The number of rotatable bonds is 0. The molecule has 0 atom stereocenters. The first-order chi connectivity index (χ1) is 16.2. The quantitative estimate of drug-likeness (QED) is 0.200. The number of hydrogen-bond donors (Lipinski definition) is 0. The molecule has 0 spiro atoms. The standard InChI is InChI=1S/C28H12N4O/c29-13-23-24(14-30)32-28-22-11-20-17-7-3-4-8-25(17)33-26(20)12-19(22)18-9-15-5-1-2-6-16(15)10-21(18)27(28)31-23/h1-12H. The van der Waals surface area contributed by atoms with Crippen LogP contribution in [-0.4, -0.2) is 9.97 Å². The molecule has 2 aromatic heterocycles. The Hall–Kier alpha value is -5.00. The van der Waals surface area contributed by atoms with Crippen LogP contribution in [-0.2, 0) is 0 Å². The summed E-state index contributed by atoms with van der Waals surface area (Å²) in [5, 5.41) is 27.1. The lowest BCUT2D eigenvalue weighted by Gasteiger charge is -2.11. The van der Waals surface area contributed by atoms with Crippen LogP contribution < -0.4 is 0 Å². The molecule has 150 valence electrons. The summed E-state index contributed by atoms with van der Waals surface area (Å²) in [7, 11) is 0. The lowest BCUT2D eigenvalue weighted by atomic mass is 9.95. The van der Waals surface area contributed by atoms with E-state index in [0.717, 1.165) is 54.3 Å². The molecule has 0 bridgehead atoms. The first-order valence-corrected chi connectivity index (χ1v) is 10.5. The van der Waals surface area contributed by atoms with Crippen molar-refractivity contribution in [2.45, 2.75) is 0 Å². The number of nitrogens with zero attached hydrogens (tertiary/aromatic N) is 4. The van der Waals surface area contributed by atoms with Crippen molar-refractivity contribution in [1.29, 1.82) is 10.5 Å². The Balaban J connectivity index is 1.80. The van der Waals surface area contributed by atoms with Gasteiger partial charge in [-0.3, -0.25) is 0 Å². The van der Waals surface area contributed by atoms with Gasteiger partial charge in [0.1, 0.15) is 23.3 Å². The summed E-state index contributed by atoms with van der Waals surface area (Å²) in [5.74, 6) is 0. The van der Waals surface area contributed by atoms with Gasteiger partial charge in [0.15, 0.2) is 11.4 Å². The number of aromatic nitrogens is 2. The van der Waals surface area contributed by atoms with Crippen molar-refractivity contribution >= 4 is 65.3 Å². The lowest BCUT2D eigenvalue weighted by molar-refractivity contribution is 0.669. The molecule has 0 saturated heterocycles. The third-order valence-electron chi connectivity index (χ3n) is 6.31. The van der Waals surface area contributed by atoms with Gasteiger partial charge < -0.3 is 4.42 Å². The van der Waals surface area contributed by atoms with Crippen molar-refractivity contribution in [3.63, 3.8) is 0 Å². The topological polar surface area (TPSA) is 86.5 Å². The minimum Gasteiger partial charge on any atom is -0.456 e. The van der Waals surface area contributed by atoms with Crippen LogP contribution in [0.2, 0.25) is 0 Å². The molecule has 0 unspecified atom stereocenters. The van der Waals surface area contributed by atoms with Crippen LogP contribution in [0.15, 0.2) is 77.2 Å². The third-order valence-corrected chi connectivity index (χ3v) is 6.31. The molecule has 5 nitrogen and oxygen atoms in total. The van der Waals surface area contributed by atoms with Crippen LogP contribution in [0.4, 0.5) is 0 Å². The summed E-state index contributed by atoms with van der Waals surface area (Å²) in [6.45, 7) is 0. The van der Waals surface area contributed by atoms with Gasteiger partial charge in [-0.25, -0.2) is 9.97 Å². The van der Waals surface area contributed by atoms with Gasteiger partial charge in [0, 0.05) is 21.5 Å². The molecule has 2 heterocycles. The zero-order valence-electron chi connectivity index (χ0n) is 17.1. The summed E-state index contributed by atoms with van der Waals surface area (Å²) in [6, 6.07) is 28.5. The monoisotopic (exact) mass is 420 g/mol. The van der Waals surface area contributed by atoms with E-state index in [4.69, 9.17) is 4.42 Å². The lowest BCUT2D eigenvalue weighted by Crippen LogP contribution is -1.97.